The highest BCUT2D eigenvalue weighted by Gasteiger charge is 2.48. The van der Waals surface area contributed by atoms with Crippen LogP contribution in [-0.4, -0.2) is 28.4 Å². The average Bonchev–Trinajstić information content (AvgIpc) is 3.40. The molecule has 6 nitrogen and oxygen atoms in total. The topological polar surface area (TPSA) is 79.7 Å². The van der Waals surface area contributed by atoms with Gasteiger partial charge in [0.1, 0.15) is 23.9 Å². The van der Waals surface area contributed by atoms with Gasteiger partial charge in [-0.05, 0) is 42.8 Å². The molecule has 8 heteroatoms. The van der Waals surface area contributed by atoms with E-state index in [9.17, 15) is 19.1 Å². The van der Waals surface area contributed by atoms with E-state index < -0.39 is 23.5 Å². The smallest absolute Gasteiger partial charge is 0.301 e. The number of ether oxygens (including phenoxy) is 1. The summed E-state index contributed by atoms with van der Waals surface area (Å²) in [4.78, 5) is 32.4. The lowest BCUT2D eigenvalue weighted by Crippen LogP contribution is -2.29. The molecule has 0 aliphatic carbocycles. The Balaban J connectivity index is 1.68. The molecule has 1 unspecified atom stereocenters. The lowest BCUT2D eigenvalue weighted by molar-refractivity contribution is -0.132. The van der Waals surface area contributed by atoms with Gasteiger partial charge in [0.2, 0.25) is 0 Å². The molecule has 5 rings (SSSR count). The first-order valence-electron chi connectivity index (χ1n) is 11.1. The Hall–Kier alpha value is -4.30. The van der Waals surface area contributed by atoms with Crippen LogP contribution in [0.1, 0.15) is 22.7 Å². The molecule has 1 saturated heterocycles. The molecule has 0 spiro atoms. The number of anilines is 1. The van der Waals surface area contributed by atoms with Gasteiger partial charge in [-0.15, -0.1) is 0 Å². The fourth-order valence-electron chi connectivity index (χ4n) is 4.10. The summed E-state index contributed by atoms with van der Waals surface area (Å²) in [6.07, 6.45) is 1.63. The Morgan fingerprint density at radius 2 is 1.86 bits per heavy atom. The number of nitrogens with zero attached hydrogens (tertiary/aromatic N) is 2. The number of aryl methyl sites for hydroxylation is 1. The van der Waals surface area contributed by atoms with Crippen LogP contribution >= 0.6 is 11.3 Å². The van der Waals surface area contributed by atoms with Crippen molar-refractivity contribution < 1.29 is 23.8 Å². The number of amides is 1. The van der Waals surface area contributed by atoms with Crippen LogP contribution in [0.4, 0.5) is 9.52 Å². The van der Waals surface area contributed by atoms with Crippen LogP contribution in [0.5, 0.6) is 5.75 Å². The molecule has 0 saturated carbocycles. The number of ketones is 1. The Morgan fingerprint density at radius 1 is 1.14 bits per heavy atom. The van der Waals surface area contributed by atoms with Gasteiger partial charge in [-0.25, -0.2) is 9.37 Å². The van der Waals surface area contributed by atoms with E-state index in [1.165, 1.54) is 23.1 Å². The lowest BCUT2D eigenvalue weighted by atomic mass is 9.95. The summed E-state index contributed by atoms with van der Waals surface area (Å²) in [5.74, 6) is -1.76. The van der Waals surface area contributed by atoms with E-state index in [4.69, 9.17) is 4.74 Å². The number of aliphatic hydroxyl groups is 1. The maximum Gasteiger partial charge on any atom is 0.301 e. The molecule has 0 bridgehead atoms. The Labute approximate surface area is 210 Å². The van der Waals surface area contributed by atoms with Crippen molar-refractivity contribution in [3.8, 4) is 5.75 Å². The number of hydrogen-bond acceptors (Lipinski definition) is 6. The molecule has 2 heterocycles. The van der Waals surface area contributed by atoms with Crippen LogP contribution < -0.4 is 9.64 Å². The van der Waals surface area contributed by atoms with E-state index >= 15 is 0 Å². The summed E-state index contributed by atoms with van der Waals surface area (Å²) in [5, 5.41) is 11.5. The fourth-order valence-corrected chi connectivity index (χ4v) is 5.12. The lowest BCUT2D eigenvalue weighted by Gasteiger charge is -2.23. The molecule has 1 aromatic heterocycles. The molecule has 1 N–H and O–H groups in total. The second-order valence-electron chi connectivity index (χ2n) is 8.31. The van der Waals surface area contributed by atoms with Crippen LogP contribution in [0, 0.1) is 12.7 Å². The number of aliphatic hydroxyl groups excluding tert-OH is 1. The van der Waals surface area contributed by atoms with Crippen molar-refractivity contribution in [2.45, 2.75) is 13.0 Å². The highest BCUT2D eigenvalue weighted by Crippen LogP contribution is 2.44. The van der Waals surface area contributed by atoms with Gasteiger partial charge in [-0.2, -0.15) is 0 Å². The number of halogens is 1. The predicted octanol–water partition coefficient (Wildman–Crippen LogP) is 5.93. The van der Waals surface area contributed by atoms with Crippen molar-refractivity contribution in [2.24, 2.45) is 0 Å². The minimum Gasteiger partial charge on any atom is -0.507 e. The normalized spacial score (nSPS) is 17.1. The van der Waals surface area contributed by atoms with Gasteiger partial charge >= 0.3 is 5.91 Å². The van der Waals surface area contributed by atoms with E-state index in [2.05, 4.69) is 11.6 Å². The maximum atomic E-state index is 13.8. The van der Waals surface area contributed by atoms with Gasteiger partial charge in [-0.3, -0.25) is 14.5 Å². The van der Waals surface area contributed by atoms with Crippen LogP contribution in [0.25, 0.3) is 16.0 Å². The molecule has 1 atom stereocenters. The molecular weight excluding hydrogens is 479 g/mol. The average molecular weight is 501 g/mol. The zero-order chi connectivity index (χ0) is 25.4. The van der Waals surface area contributed by atoms with Crippen LogP contribution in [0.2, 0.25) is 0 Å². The number of fused-ring (bicyclic) bond motifs is 1. The third kappa shape index (κ3) is 4.16. The molecule has 1 aliphatic heterocycles. The Bertz CT molecular complexity index is 1520. The zero-order valence-corrected chi connectivity index (χ0v) is 20.1. The van der Waals surface area contributed by atoms with E-state index in [1.54, 1.807) is 42.5 Å². The van der Waals surface area contributed by atoms with Crippen molar-refractivity contribution >= 4 is 44.1 Å². The molecular formula is C28H21FN2O4S. The zero-order valence-electron chi connectivity index (χ0n) is 19.3. The highest BCUT2D eigenvalue weighted by atomic mass is 32.1. The second kappa shape index (κ2) is 9.39. The SMILES string of the molecule is C=CCOc1ccc(C2/C(=C(\O)c3ccc(C)cc3)C(=O)C(=O)N2c2nc3ccc(F)cc3s2)cc1. The van der Waals surface area contributed by atoms with E-state index in [0.29, 0.717) is 33.7 Å². The van der Waals surface area contributed by atoms with E-state index in [-0.39, 0.29) is 16.5 Å². The van der Waals surface area contributed by atoms with Crippen molar-refractivity contribution in [1.29, 1.82) is 0 Å². The number of carbonyl (C=O) groups excluding carboxylic acids is 2. The van der Waals surface area contributed by atoms with E-state index in [1.807, 2.05) is 19.1 Å². The third-order valence-electron chi connectivity index (χ3n) is 5.88. The molecule has 36 heavy (non-hydrogen) atoms. The molecule has 1 aliphatic rings. The van der Waals surface area contributed by atoms with Crippen LogP contribution in [0.15, 0.2) is 85.0 Å². The predicted molar refractivity (Wildman–Crippen MR) is 138 cm³/mol. The summed E-state index contributed by atoms with van der Waals surface area (Å²) in [6.45, 7) is 5.87. The minimum atomic E-state index is -0.940. The number of aromatic nitrogens is 1. The first-order chi connectivity index (χ1) is 17.4. The minimum absolute atomic E-state index is 0.0472. The van der Waals surface area contributed by atoms with Crippen LogP contribution in [0.3, 0.4) is 0 Å². The van der Waals surface area contributed by atoms with Gasteiger partial charge in [-0.1, -0.05) is 66.0 Å². The summed E-state index contributed by atoms with van der Waals surface area (Å²) in [6, 6.07) is 17.1. The van der Waals surface area contributed by atoms with Crippen LogP contribution in [-0.2, 0) is 9.59 Å². The molecule has 4 aromatic rings. The Morgan fingerprint density at radius 3 is 2.56 bits per heavy atom. The van der Waals surface area contributed by atoms with Gasteiger partial charge in [0.25, 0.3) is 5.78 Å². The van der Waals surface area contributed by atoms with Gasteiger partial charge in [0, 0.05) is 5.56 Å². The first-order valence-corrected chi connectivity index (χ1v) is 12.0. The van der Waals surface area contributed by atoms with Gasteiger partial charge in [0.15, 0.2) is 5.13 Å². The van der Waals surface area contributed by atoms with E-state index in [0.717, 1.165) is 16.9 Å². The number of Topliss-reactive ketones (excluding diaryl/α,β-unsaturated/α-hetero) is 1. The Kier molecular flexibility index (Phi) is 6.12. The molecule has 1 fully saturated rings. The van der Waals surface area contributed by atoms with Gasteiger partial charge < -0.3 is 9.84 Å². The summed E-state index contributed by atoms with van der Waals surface area (Å²) in [7, 11) is 0. The summed E-state index contributed by atoms with van der Waals surface area (Å²) >= 11 is 1.10. The maximum absolute atomic E-state index is 13.8. The largest absolute Gasteiger partial charge is 0.507 e. The summed E-state index contributed by atoms with van der Waals surface area (Å²) in [5.41, 5.74) is 2.44. The highest BCUT2D eigenvalue weighted by molar-refractivity contribution is 7.22. The third-order valence-corrected chi connectivity index (χ3v) is 6.90. The number of benzene rings is 3. The van der Waals surface area contributed by atoms with Crippen molar-refractivity contribution in [3.63, 3.8) is 0 Å². The fraction of sp³-hybridized carbons (Fsp3) is 0.107. The molecule has 180 valence electrons. The van der Waals surface area contributed by atoms with Crippen molar-refractivity contribution in [1.82, 2.24) is 4.98 Å². The first kappa shape index (κ1) is 23.4. The number of carbonyl (C=O) groups is 2. The monoisotopic (exact) mass is 500 g/mol. The standard InChI is InChI=1S/C28H21FN2O4S/c1-3-14-35-20-11-8-17(9-12-20)24-23(25(32)18-6-4-16(2)5-7-18)26(33)27(34)31(24)28-30-21-13-10-19(29)15-22(21)36-28/h3-13,15,24,32H,1,14H2,2H3/b25-23+. The number of thiazole rings is 1. The molecule has 3 aromatic carbocycles. The molecule has 0 radical (unpaired) electrons. The number of hydrogen-bond donors (Lipinski definition) is 1. The summed E-state index contributed by atoms with van der Waals surface area (Å²) < 4.78 is 19.9. The quantitative estimate of drug-likeness (QED) is 0.154. The number of rotatable bonds is 6. The van der Waals surface area contributed by atoms with Gasteiger partial charge in [0.05, 0.1) is 21.8 Å². The van der Waals surface area contributed by atoms with Crippen molar-refractivity contribution in [3.05, 3.63) is 107 Å². The van der Waals surface area contributed by atoms with Crippen molar-refractivity contribution in [2.75, 3.05) is 11.5 Å². The second-order valence-corrected chi connectivity index (χ2v) is 9.32. The molecule has 1 amide bonds.